The zero-order valence-electron chi connectivity index (χ0n) is 9.44. The van der Waals surface area contributed by atoms with E-state index in [0.29, 0.717) is 4.90 Å². The van der Waals surface area contributed by atoms with E-state index in [1.54, 1.807) is 0 Å². The molecule has 0 spiro atoms. The average molecular weight is 278 g/mol. The van der Waals surface area contributed by atoms with Gasteiger partial charge < -0.3 is 10.0 Å². The monoisotopic (exact) mass is 278 g/mol. The number of H-pyrrole nitrogens is 1. The Morgan fingerprint density at radius 3 is 2.63 bits per heavy atom. The Bertz CT molecular complexity index is 513. The lowest BCUT2D eigenvalue weighted by Crippen LogP contribution is -2.39. The molecule has 104 valence electrons. The number of halogens is 3. The summed E-state index contributed by atoms with van der Waals surface area (Å²) in [6, 6.07) is 0. The Balaban J connectivity index is 2.12. The third-order valence-electron chi connectivity index (χ3n) is 2.88. The smallest absolute Gasteiger partial charge is 0.471 e. The minimum absolute atomic E-state index is 0.0741. The van der Waals surface area contributed by atoms with Crippen LogP contribution < -0.4 is 0 Å². The van der Waals surface area contributed by atoms with Crippen molar-refractivity contribution >= 4 is 11.9 Å². The van der Waals surface area contributed by atoms with Gasteiger partial charge in [-0.25, -0.2) is 4.79 Å². The lowest BCUT2D eigenvalue weighted by atomic mass is 10.0. The van der Waals surface area contributed by atoms with Gasteiger partial charge in [0.2, 0.25) is 0 Å². The highest BCUT2D eigenvalue weighted by Crippen LogP contribution is 2.30. The number of nitrogens with one attached hydrogen (secondary N) is 1. The fraction of sp³-hybridized carbons (Fsp3) is 0.556. The minimum atomic E-state index is -4.92. The van der Waals surface area contributed by atoms with E-state index < -0.39 is 24.0 Å². The summed E-state index contributed by atoms with van der Waals surface area (Å²) in [5.74, 6) is -3.80. The number of hydrogen-bond acceptors (Lipinski definition) is 4. The van der Waals surface area contributed by atoms with Gasteiger partial charge in [0.1, 0.15) is 5.69 Å². The molecular formula is C9H9F3N4O3. The highest BCUT2D eigenvalue weighted by Gasteiger charge is 2.45. The molecule has 1 fully saturated rings. The predicted molar refractivity (Wildman–Crippen MR) is 53.3 cm³/mol. The number of hydrogen-bond donors (Lipinski definition) is 2. The first kappa shape index (κ1) is 13.3. The first-order valence-electron chi connectivity index (χ1n) is 5.30. The third-order valence-corrected chi connectivity index (χ3v) is 2.88. The number of carboxylic acid groups (broad SMARTS) is 1. The molecule has 1 atom stereocenters. The van der Waals surface area contributed by atoms with Crippen molar-refractivity contribution in [2.45, 2.75) is 18.5 Å². The lowest BCUT2D eigenvalue weighted by Gasteiger charge is -2.17. The SMILES string of the molecule is O=C(O)c1n[nH]nc1C1CCN(C(=O)C(F)(F)F)C1. The summed E-state index contributed by atoms with van der Waals surface area (Å²) >= 11 is 0. The van der Waals surface area contributed by atoms with E-state index in [2.05, 4.69) is 15.4 Å². The summed E-state index contributed by atoms with van der Waals surface area (Å²) in [4.78, 5) is 22.5. The zero-order chi connectivity index (χ0) is 14.2. The van der Waals surface area contributed by atoms with Crippen molar-refractivity contribution in [3.8, 4) is 0 Å². The summed E-state index contributed by atoms with van der Waals surface area (Å²) in [5, 5.41) is 18.0. The van der Waals surface area contributed by atoms with Crippen LogP contribution in [0.5, 0.6) is 0 Å². The second-order valence-electron chi connectivity index (χ2n) is 4.10. The number of amides is 1. The molecule has 1 saturated heterocycles. The van der Waals surface area contributed by atoms with E-state index in [0.717, 1.165) is 0 Å². The quantitative estimate of drug-likeness (QED) is 0.814. The van der Waals surface area contributed by atoms with Crippen LogP contribution in [0.2, 0.25) is 0 Å². The van der Waals surface area contributed by atoms with Gasteiger partial charge in [-0.2, -0.15) is 23.5 Å². The van der Waals surface area contributed by atoms with E-state index in [1.165, 1.54) is 0 Å². The number of carboxylic acids is 1. The molecule has 2 N–H and O–H groups in total. The van der Waals surface area contributed by atoms with Crippen LogP contribution in [0.15, 0.2) is 0 Å². The first-order valence-corrected chi connectivity index (χ1v) is 5.30. The molecule has 2 heterocycles. The number of likely N-dealkylation sites (tertiary alicyclic amines) is 1. The van der Waals surface area contributed by atoms with Gasteiger partial charge in [-0.05, 0) is 6.42 Å². The molecule has 1 amide bonds. The van der Waals surface area contributed by atoms with Gasteiger partial charge in [0.15, 0.2) is 5.69 Å². The summed E-state index contributed by atoms with van der Waals surface area (Å²) < 4.78 is 36.8. The predicted octanol–water partition coefficient (Wildman–Crippen LogP) is 0.381. The van der Waals surface area contributed by atoms with E-state index in [9.17, 15) is 22.8 Å². The molecule has 0 radical (unpaired) electrons. The van der Waals surface area contributed by atoms with Crippen molar-refractivity contribution < 1.29 is 27.9 Å². The maximum absolute atomic E-state index is 12.3. The lowest BCUT2D eigenvalue weighted by molar-refractivity contribution is -0.184. The van der Waals surface area contributed by atoms with Crippen molar-refractivity contribution in [2.24, 2.45) is 0 Å². The van der Waals surface area contributed by atoms with Crippen LogP contribution in [0.25, 0.3) is 0 Å². The van der Waals surface area contributed by atoms with Crippen LogP contribution >= 0.6 is 0 Å². The summed E-state index contributed by atoms with van der Waals surface area (Å²) in [6.07, 6.45) is -4.71. The van der Waals surface area contributed by atoms with Crippen LogP contribution in [0.3, 0.4) is 0 Å². The summed E-state index contributed by atoms with van der Waals surface area (Å²) in [5.41, 5.74) is -0.253. The van der Waals surface area contributed by atoms with E-state index in [4.69, 9.17) is 5.11 Å². The molecule has 2 rings (SSSR count). The molecule has 1 aromatic rings. The maximum atomic E-state index is 12.3. The molecule has 1 aliphatic rings. The molecular weight excluding hydrogens is 269 g/mol. The molecule has 0 saturated carbocycles. The van der Waals surface area contributed by atoms with Gasteiger partial charge in [-0.15, -0.1) is 5.10 Å². The fourth-order valence-electron chi connectivity index (χ4n) is 2.03. The van der Waals surface area contributed by atoms with E-state index >= 15 is 0 Å². The van der Waals surface area contributed by atoms with Gasteiger partial charge in [-0.3, -0.25) is 4.79 Å². The number of aromatic nitrogens is 3. The molecule has 1 aliphatic heterocycles. The normalized spacial score (nSPS) is 19.7. The standard InChI is InChI=1S/C9H9F3N4O3/c10-9(11,12)8(19)16-2-1-4(3-16)5-6(7(17)18)14-15-13-5/h4H,1-3H2,(H,17,18)(H,13,14,15). The zero-order valence-corrected chi connectivity index (χ0v) is 9.44. The Hall–Kier alpha value is -2.13. The molecule has 0 bridgehead atoms. The van der Waals surface area contributed by atoms with Crippen molar-refractivity contribution in [3.63, 3.8) is 0 Å². The van der Waals surface area contributed by atoms with Crippen LogP contribution in [-0.4, -0.2) is 56.6 Å². The van der Waals surface area contributed by atoms with Gasteiger partial charge in [0.05, 0.1) is 0 Å². The second kappa shape index (κ2) is 4.52. The molecule has 10 heteroatoms. The Labute approximate surface area is 104 Å². The number of alkyl halides is 3. The van der Waals surface area contributed by atoms with Gasteiger partial charge in [0, 0.05) is 19.0 Å². The molecule has 19 heavy (non-hydrogen) atoms. The molecule has 0 aliphatic carbocycles. The van der Waals surface area contributed by atoms with Crippen molar-refractivity contribution in [1.82, 2.24) is 20.3 Å². The van der Waals surface area contributed by atoms with E-state index in [1.807, 2.05) is 0 Å². The molecule has 0 aromatic carbocycles. The van der Waals surface area contributed by atoms with Crippen LogP contribution in [-0.2, 0) is 4.79 Å². The molecule has 1 unspecified atom stereocenters. The topological polar surface area (TPSA) is 99.2 Å². The summed E-state index contributed by atoms with van der Waals surface area (Å²) in [6.45, 7) is -0.305. The van der Waals surface area contributed by atoms with Crippen molar-refractivity contribution in [1.29, 1.82) is 0 Å². The minimum Gasteiger partial charge on any atom is -0.476 e. The number of aromatic carboxylic acids is 1. The van der Waals surface area contributed by atoms with Gasteiger partial charge >= 0.3 is 18.1 Å². The van der Waals surface area contributed by atoms with Crippen molar-refractivity contribution in [2.75, 3.05) is 13.1 Å². The Kier molecular flexibility index (Phi) is 3.16. The number of rotatable bonds is 2. The number of carbonyl (C=O) groups is 2. The number of carbonyl (C=O) groups excluding carboxylic acids is 1. The van der Waals surface area contributed by atoms with Crippen LogP contribution in [0, 0.1) is 0 Å². The average Bonchev–Trinajstić information content (AvgIpc) is 2.95. The van der Waals surface area contributed by atoms with Crippen molar-refractivity contribution in [3.05, 3.63) is 11.4 Å². The third kappa shape index (κ3) is 2.51. The van der Waals surface area contributed by atoms with Crippen LogP contribution in [0.1, 0.15) is 28.5 Å². The van der Waals surface area contributed by atoms with E-state index in [-0.39, 0.29) is 30.9 Å². The second-order valence-corrected chi connectivity index (χ2v) is 4.10. The Morgan fingerprint density at radius 1 is 1.37 bits per heavy atom. The maximum Gasteiger partial charge on any atom is 0.471 e. The number of aromatic amines is 1. The number of nitrogens with zero attached hydrogens (tertiary/aromatic N) is 3. The largest absolute Gasteiger partial charge is 0.476 e. The molecule has 7 nitrogen and oxygen atoms in total. The highest BCUT2D eigenvalue weighted by molar-refractivity contribution is 5.86. The van der Waals surface area contributed by atoms with Gasteiger partial charge in [0.25, 0.3) is 0 Å². The van der Waals surface area contributed by atoms with Gasteiger partial charge in [-0.1, -0.05) is 0 Å². The first-order chi connectivity index (χ1) is 8.80. The fourth-order valence-corrected chi connectivity index (χ4v) is 2.03. The Morgan fingerprint density at radius 2 is 2.05 bits per heavy atom. The highest BCUT2D eigenvalue weighted by atomic mass is 19.4. The summed E-state index contributed by atoms with van der Waals surface area (Å²) in [7, 11) is 0. The molecule has 1 aromatic heterocycles. The van der Waals surface area contributed by atoms with Crippen LogP contribution in [0.4, 0.5) is 13.2 Å².